The molecule has 0 bridgehead atoms. The fourth-order valence-corrected chi connectivity index (χ4v) is 0.871. The molecule has 0 radical (unpaired) electrons. The van der Waals surface area contributed by atoms with Crippen molar-refractivity contribution in [2.24, 2.45) is 5.92 Å². The molecular weight excluding hydrogens is 168 g/mol. The molecule has 0 N–H and O–H groups in total. The van der Waals surface area contributed by atoms with Gasteiger partial charge in [0.25, 0.3) is 0 Å². The van der Waals surface area contributed by atoms with Crippen LogP contribution in [-0.4, -0.2) is 18.4 Å². The van der Waals surface area contributed by atoms with Gasteiger partial charge >= 0.3 is 5.97 Å². The third-order valence-corrected chi connectivity index (χ3v) is 1.37. The van der Waals surface area contributed by atoms with Crippen LogP contribution < -0.4 is 0 Å². The van der Waals surface area contributed by atoms with Gasteiger partial charge < -0.3 is 4.74 Å². The zero-order chi connectivity index (χ0) is 10.4. The fraction of sp³-hybridized carbons (Fsp3) is 0.600. The van der Waals surface area contributed by atoms with Crippen molar-refractivity contribution in [3.05, 3.63) is 11.6 Å². The van der Waals surface area contributed by atoms with Gasteiger partial charge in [-0.05, 0) is 19.8 Å². The minimum atomic E-state index is -0.524. The largest absolute Gasteiger partial charge is 0.462 e. The van der Waals surface area contributed by atoms with Crippen LogP contribution in [0.2, 0.25) is 0 Å². The topological polar surface area (TPSA) is 43.4 Å². The molecule has 0 aromatic heterocycles. The van der Waals surface area contributed by atoms with Gasteiger partial charge in [0.2, 0.25) is 0 Å². The lowest BCUT2D eigenvalue weighted by atomic mass is 10.1. The molecule has 0 aliphatic rings. The number of rotatable bonds is 4. The van der Waals surface area contributed by atoms with Crippen LogP contribution in [0.25, 0.3) is 0 Å². The maximum atomic E-state index is 11.2. The highest BCUT2D eigenvalue weighted by Gasteiger charge is 2.15. The Morgan fingerprint density at radius 3 is 2.23 bits per heavy atom. The van der Waals surface area contributed by atoms with E-state index in [1.54, 1.807) is 13.0 Å². The summed E-state index contributed by atoms with van der Waals surface area (Å²) >= 11 is 0. The van der Waals surface area contributed by atoms with Gasteiger partial charge in [0, 0.05) is 0 Å². The average molecular weight is 184 g/mol. The summed E-state index contributed by atoms with van der Waals surface area (Å²) < 4.78 is 4.74. The number of ketones is 1. The maximum absolute atomic E-state index is 11.2. The predicted octanol–water partition coefficient (Wildman–Crippen LogP) is 1.72. The smallest absolute Gasteiger partial charge is 0.341 e. The first kappa shape index (κ1) is 11.9. The zero-order valence-corrected chi connectivity index (χ0v) is 8.59. The molecule has 3 heteroatoms. The van der Waals surface area contributed by atoms with Gasteiger partial charge in [0.05, 0.1) is 12.2 Å². The van der Waals surface area contributed by atoms with Gasteiger partial charge in [-0.1, -0.05) is 19.9 Å². The predicted molar refractivity (Wildman–Crippen MR) is 50.2 cm³/mol. The second-order valence-corrected chi connectivity index (χ2v) is 3.10. The molecule has 0 aliphatic carbocycles. The molecule has 0 heterocycles. The second-order valence-electron chi connectivity index (χ2n) is 3.10. The summed E-state index contributed by atoms with van der Waals surface area (Å²) in [6.07, 6.45) is 1.63. The summed E-state index contributed by atoms with van der Waals surface area (Å²) in [5.74, 6) is -0.598. The summed E-state index contributed by atoms with van der Waals surface area (Å²) in [6, 6.07) is 0. The SMILES string of the molecule is CCOC(=O)C(=CC(C)C)C(C)=O. The van der Waals surface area contributed by atoms with E-state index < -0.39 is 5.97 Å². The Kier molecular flexibility index (Phi) is 5.04. The summed E-state index contributed by atoms with van der Waals surface area (Å²) in [7, 11) is 0. The van der Waals surface area contributed by atoms with Crippen LogP contribution >= 0.6 is 0 Å². The summed E-state index contributed by atoms with van der Waals surface area (Å²) in [4.78, 5) is 22.2. The van der Waals surface area contributed by atoms with E-state index in [-0.39, 0.29) is 17.3 Å². The van der Waals surface area contributed by atoms with Crippen LogP contribution in [0.1, 0.15) is 27.7 Å². The summed E-state index contributed by atoms with van der Waals surface area (Å²) in [6.45, 7) is 7.18. The number of carbonyl (C=O) groups is 2. The number of ether oxygens (including phenoxy) is 1. The van der Waals surface area contributed by atoms with Gasteiger partial charge in [0.1, 0.15) is 0 Å². The number of allylic oxidation sites excluding steroid dienone is 1. The van der Waals surface area contributed by atoms with Crippen LogP contribution in [0.15, 0.2) is 11.6 Å². The Hall–Kier alpha value is -1.12. The molecule has 13 heavy (non-hydrogen) atoms. The van der Waals surface area contributed by atoms with Crippen molar-refractivity contribution < 1.29 is 14.3 Å². The lowest BCUT2D eigenvalue weighted by Crippen LogP contribution is -2.14. The third-order valence-electron chi connectivity index (χ3n) is 1.37. The number of carbonyl (C=O) groups excluding carboxylic acids is 2. The van der Waals surface area contributed by atoms with Crippen molar-refractivity contribution in [3.63, 3.8) is 0 Å². The minimum Gasteiger partial charge on any atom is -0.462 e. The normalized spacial score (nSPS) is 11.6. The quantitative estimate of drug-likeness (QED) is 0.289. The van der Waals surface area contributed by atoms with Gasteiger partial charge in [-0.2, -0.15) is 0 Å². The standard InChI is InChI=1S/C10H16O3/c1-5-13-10(12)9(8(4)11)6-7(2)3/h6-7H,5H2,1-4H3. The molecular formula is C10H16O3. The van der Waals surface area contributed by atoms with Crippen LogP contribution in [-0.2, 0) is 14.3 Å². The molecule has 0 amide bonds. The molecule has 0 spiro atoms. The molecule has 0 atom stereocenters. The van der Waals surface area contributed by atoms with Crippen molar-refractivity contribution in [1.82, 2.24) is 0 Å². The van der Waals surface area contributed by atoms with Crippen molar-refractivity contribution in [2.75, 3.05) is 6.61 Å². The van der Waals surface area contributed by atoms with Crippen molar-refractivity contribution in [2.45, 2.75) is 27.7 Å². The van der Waals surface area contributed by atoms with E-state index in [2.05, 4.69) is 0 Å². The van der Waals surface area contributed by atoms with Crippen molar-refractivity contribution in [1.29, 1.82) is 0 Å². The molecule has 0 aromatic rings. The molecule has 0 rings (SSSR count). The van der Waals surface area contributed by atoms with E-state index in [0.717, 1.165) is 0 Å². The lowest BCUT2D eigenvalue weighted by molar-refractivity contribution is -0.139. The number of esters is 1. The lowest BCUT2D eigenvalue weighted by Gasteiger charge is -2.04. The van der Waals surface area contributed by atoms with E-state index in [1.165, 1.54) is 6.92 Å². The van der Waals surface area contributed by atoms with Gasteiger partial charge in [-0.15, -0.1) is 0 Å². The van der Waals surface area contributed by atoms with E-state index in [4.69, 9.17) is 4.74 Å². The Morgan fingerprint density at radius 2 is 1.92 bits per heavy atom. The van der Waals surface area contributed by atoms with Gasteiger partial charge in [-0.25, -0.2) is 4.79 Å². The van der Waals surface area contributed by atoms with Gasteiger partial charge in [0.15, 0.2) is 5.78 Å². The average Bonchev–Trinajstić information content (AvgIpc) is 1.99. The number of hydrogen-bond acceptors (Lipinski definition) is 3. The molecule has 0 aliphatic heterocycles. The number of hydrogen-bond donors (Lipinski definition) is 0. The maximum Gasteiger partial charge on any atom is 0.341 e. The molecule has 0 saturated heterocycles. The first-order chi connectivity index (χ1) is 5.99. The molecule has 0 fully saturated rings. The summed E-state index contributed by atoms with van der Waals surface area (Å²) in [5, 5.41) is 0. The molecule has 0 unspecified atom stereocenters. The highest BCUT2D eigenvalue weighted by atomic mass is 16.5. The highest BCUT2D eigenvalue weighted by Crippen LogP contribution is 2.05. The Morgan fingerprint density at radius 1 is 1.38 bits per heavy atom. The molecule has 0 aromatic carbocycles. The van der Waals surface area contributed by atoms with Crippen LogP contribution in [0.3, 0.4) is 0 Å². The molecule has 3 nitrogen and oxygen atoms in total. The van der Waals surface area contributed by atoms with Crippen molar-refractivity contribution >= 4 is 11.8 Å². The van der Waals surface area contributed by atoms with E-state index >= 15 is 0 Å². The van der Waals surface area contributed by atoms with Crippen LogP contribution in [0, 0.1) is 5.92 Å². The fourth-order valence-electron chi connectivity index (χ4n) is 0.871. The Bertz CT molecular complexity index is 226. The van der Waals surface area contributed by atoms with E-state index in [1.807, 2.05) is 13.8 Å². The van der Waals surface area contributed by atoms with E-state index in [9.17, 15) is 9.59 Å². The first-order valence-electron chi connectivity index (χ1n) is 4.38. The van der Waals surface area contributed by atoms with Crippen LogP contribution in [0.4, 0.5) is 0 Å². The highest BCUT2D eigenvalue weighted by molar-refractivity contribution is 6.16. The molecule has 74 valence electrons. The van der Waals surface area contributed by atoms with Crippen LogP contribution in [0.5, 0.6) is 0 Å². The number of Topliss-reactive ketones (excluding diaryl/α,β-unsaturated/α-hetero) is 1. The minimum absolute atomic E-state index is 0.150. The zero-order valence-electron chi connectivity index (χ0n) is 8.59. The Balaban J connectivity index is 4.61. The molecule has 0 saturated carbocycles. The summed E-state index contributed by atoms with van der Waals surface area (Å²) in [5.41, 5.74) is 0.150. The Labute approximate surface area is 78.8 Å². The van der Waals surface area contributed by atoms with Crippen molar-refractivity contribution in [3.8, 4) is 0 Å². The van der Waals surface area contributed by atoms with Gasteiger partial charge in [-0.3, -0.25) is 4.79 Å². The van der Waals surface area contributed by atoms with E-state index in [0.29, 0.717) is 6.61 Å². The first-order valence-corrected chi connectivity index (χ1v) is 4.38. The monoisotopic (exact) mass is 184 g/mol. The second kappa shape index (κ2) is 5.51. The third kappa shape index (κ3) is 4.45.